The van der Waals surface area contributed by atoms with Gasteiger partial charge in [0.25, 0.3) is 5.56 Å². The summed E-state index contributed by atoms with van der Waals surface area (Å²) >= 11 is 0. The van der Waals surface area contributed by atoms with Crippen LogP contribution < -0.4 is 16.0 Å². The lowest BCUT2D eigenvalue weighted by Crippen LogP contribution is -2.26. The van der Waals surface area contributed by atoms with Gasteiger partial charge in [-0.2, -0.15) is 18.3 Å². The molecule has 11 heteroatoms. The van der Waals surface area contributed by atoms with Gasteiger partial charge in [0.2, 0.25) is 5.75 Å². The number of rotatable bonds is 5. The van der Waals surface area contributed by atoms with Crippen LogP contribution in [0.15, 0.2) is 70.4 Å². The van der Waals surface area contributed by atoms with E-state index in [9.17, 15) is 27.2 Å². The maximum Gasteiger partial charge on any atom is 0.420 e. The van der Waals surface area contributed by atoms with Crippen LogP contribution in [0.25, 0.3) is 11.1 Å². The summed E-state index contributed by atoms with van der Waals surface area (Å²) in [5, 5.41) is 5.96. The molecule has 0 atom stereocenters. The van der Waals surface area contributed by atoms with Crippen molar-refractivity contribution in [2.24, 2.45) is 7.05 Å². The van der Waals surface area contributed by atoms with Crippen molar-refractivity contribution in [2.45, 2.75) is 12.7 Å². The fourth-order valence-electron chi connectivity index (χ4n) is 3.15. The van der Waals surface area contributed by atoms with Crippen LogP contribution in [-0.2, 0) is 19.8 Å². The number of aromatic amines is 1. The lowest BCUT2D eigenvalue weighted by atomic mass is 10.1. The van der Waals surface area contributed by atoms with E-state index in [2.05, 4.69) is 10.2 Å². The first kappa shape index (κ1) is 22.1. The predicted octanol–water partition coefficient (Wildman–Crippen LogP) is 3.94. The highest BCUT2D eigenvalue weighted by atomic mass is 19.4. The highest BCUT2D eigenvalue weighted by molar-refractivity contribution is 5.64. The number of ether oxygens (including phenoxy) is 1. The van der Waals surface area contributed by atoms with Crippen molar-refractivity contribution in [1.82, 2.24) is 19.3 Å². The van der Waals surface area contributed by atoms with Crippen LogP contribution in [0.1, 0.15) is 11.4 Å². The van der Waals surface area contributed by atoms with Crippen molar-refractivity contribution >= 4 is 0 Å². The molecule has 2 aromatic carbocycles. The summed E-state index contributed by atoms with van der Waals surface area (Å²) in [7, 11) is 1.41. The van der Waals surface area contributed by atoms with E-state index in [1.807, 2.05) is 0 Å². The van der Waals surface area contributed by atoms with Crippen LogP contribution in [0, 0.1) is 5.82 Å². The molecule has 7 nitrogen and oxygen atoms in total. The number of pyridine rings is 1. The fourth-order valence-corrected chi connectivity index (χ4v) is 3.15. The van der Waals surface area contributed by atoms with Gasteiger partial charge >= 0.3 is 11.9 Å². The second-order valence-electron chi connectivity index (χ2n) is 7.13. The van der Waals surface area contributed by atoms with E-state index in [-0.39, 0.29) is 18.1 Å². The Kier molecular flexibility index (Phi) is 5.62. The molecule has 0 aliphatic carbocycles. The van der Waals surface area contributed by atoms with Gasteiger partial charge < -0.3 is 9.30 Å². The lowest BCUT2D eigenvalue weighted by molar-refractivity contribution is -0.138. The molecule has 0 unspecified atom stereocenters. The highest BCUT2D eigenvalue weighted by Gasteiger charge is 2.36. The predicted molar refractivity (Wildman–Crippen MR) is 111 cm³/mol. The molecular formula is C22H16F4N4O3. The molecule has 2 aromatic heterocycles. The van der Waals surface area contributed by atoms with Crippen molar-refractivity contribution in [3.63, 3.8) is 0 Å². The third-order valence-corrected chi connectivity index (χ3v) is 4.96. The monoisotopic (exact) mass is 460 g/mol. The average molecular weight is 460 g/mol. The van der Waals surface area contributed by atoms with Crippen molar-refractivity contribution in [2.75, 3.05) is 0 Å². The molecule has 1 N–H and O–H groups in total. The van der Waals surface area contributed by atoms with Crippen LogP contribution >= 0.6 is 0 Å². The summed E-state index contributed by atoms with van der Waals surface area (Å²) in [6, 6.07) is 12.4. The second-order valence-corrected chi connectivity index (χ2v) is 7.13. The maximum absolute atomic E-state index is 13.6. The van der Waals surface area contributed by atoms with Crippen molar-refractivity contribution < 1.29 is 22.3 Å². The number of halogens is 4. The molecule has 0 aliphatic heterocycles. The molecule has 0 aliphatic rings. The summed E-state index contributed by atoms with van der Waals surface area (Å²) in [5.74, 6) is -1.14. The molecule has 0 radical (unpaired) electrons. The quantitative estimate of drug-likeness (QED) is 0.458. The van der Waals surface area contributed by atoms with E-state index in [0.29, 0.717) is 11.1 Å². The maximum atomic E-state index is 13.6. The van der Waals surface area contributed by atoms with Gasteiger partial charge in [0, 0.05) is 13.2 Å². The first-order valence-electron chi connectivity index (χ1n) is 9.58. The van der Waals surface area contributed by atoms with E-state index in [1.54, 1.807) is 24.3 Å². The number of hydrogen-bond donors (Lipinski definition) is 1. The molecule has 4 aromatic rings. The number of aromatic nitrogens is 4. The fraction of sp³-hybridized carbons (Fsp3) is 0.136. The zero-order valence-corrected chi connectivity index (χ0v) is 17.1. The van der Waals surface area contributed by atoms with E-state index in [0.717, 1.165) is 21.4 Å². The Bertz CT molecular complexity index is 1400. The molecule has 2 heterocycles. The van der Waals surface area contributed by atoms with Gasteiger partial charge in [-0.05, 0) is 41.5 Å². The van der Waals surface area contributed by atoms with Gasteiger partial charge in [-0.1, -0.05) is 24.3 Å². The summed E-state index contributed by atoms with van der Waals surface area (Å²) < 4.78 is 61.3. The Morgan fingerprint density at radius 2 is 1.58 bits per heavy atom. The van der Waals surface area contributed by atoms with Crippen LogP contribution in [0.3, 0.4) is 0 Å². The van der Waals surface area contributed by atoms with E-state index >= 15 is 0 Å². The number of alkyl halides is 3. The average Bonchev–Trinajstić information content (AvgIpc) is 3.09. The molecule has 0 saturated carbocycles. The Morgan fingerprint density at radius 1 is 0.970 bits per heavy atom. The third kappa shape index (κ3) is 4.56. The molecule has 33 heavy (non-hydrogen) atoms. The lowest BCUT2D eigenvalue weighted by Gasteiger charge is -2.15. The summed E-state index contributed by atoms with van der Waals surface area (Å²) in [6.45, 7) is -0.244. The first-order valence-corrected chi connectivity index (χ1v) is 9.58. The molecule has 0 spiro atoms. The van der Waals surface area contributed by atoms with Gasteiger partial charge in [-0.25, -0.2) is 14.3 Å². The van der Waals surface area contributed by atoms with E-state index in [4.69, 9.17) is 4.74 Å². The van der Waals surface area contributed by atoms with Gasteiger partial charge in [-0.15, -0.1) is 0 Å². The van der Waals surface area contributed by atoms with Gasteiger partial charge in [0.15, 0.2) is 5.82 Å². The summed E-state index contributed by atoms with van der Waals surface area (Å²) in [6.07, 6.45) is -3.87. The van der Waals surface area contributed by atoms with Crippen molar-refractivity contribution in [3.8, 4) is 22.6 Å². The molecule has 0 fully saturated rings. The summed E-state index contributed by atoms with van der Waals surface area (Å²) in [5.41, 5.74) is -1.42. The number of hydrogen-bond acceptors (Lipinski definition) is 4. The Hall–Kier alpha value is -4.15. The van der Waals surface area contributed by atoms with Gasteiger partial charge in [-0.3, -0.25) is 9.36 Å². The SMILES string of the molecule is Cn1c(Cn2ccc(C(F)(F)F)c(Oc3ccc(-c4ccc(F)cc4)cc3)c2=O)n[nH]c1=O. The van der Waals surface area contributed by atoms with E-state index < -0.39 is 34.6 Å². The molecule has 0 bridgehead atoms. The van der Waals surface area contributed by atoms with Crippen LogP contribution in [-0.4, -0.2) is 19.3 Å². The zero-order chi connectivity index (χ0) is 23.8. The number of H-pyrrole nitrogens is 1. The van der Waals surface area contributed by atoms with Gasteiger partial charge in [0.05, 0.1) is 6.54 Å². The Labute approximate surface area is 183 Å². The smallest absolute Gasteiger partial charge is 0.420 e. The molecule has 0 amide bonds. The second kappa shape index (κ2) is 8.41. The topological polar surface area (TPSA) is 81.9 Å². The molecule has 0 saturated heterocycles. The van der Waals surface area contributed by atoms with Crippen LogP contribution in [0.4, 0.5) is 17.6 Å². The largest absolute Gasteiger partial charge is 0.451 e. The van der Waals surface area contributed by atoms with Crippen molar-refractivity contribution in [1.29, 1.82) is 0 Å². The van der Waals surface area contributed by atoms with Crippen LogP contribution in [0.2, 0.25) is 0 Å². The van der Waals surface area contributed by atoms with E-state index in [1.165, 1.54) is 31.3 Å². The first-order chi connectivity index (χ1) is 15.6. The number of benzene rings is 2. The molecule has 4 rings (SSSR count). The minimum absolute atomic E-state index is 0.00776. The summed E-state index contributed by atoms with van der Waals surface area (Å²) in [4.78, 5) is 24.4. The minimum Gasteiger partial charge on any atom is -0.451 e. The zero-order valence-electron chi connectivity index (χ0n) is 17.1. The third-order valence-electron chi connectivity index (χ3n) is 4.96. The normalized spacial score (nSPS) is 11.5. The van der Waals surface area contributed by atoms with Gasteiger partial charge in [0.1, 0.15) is 17.1 Å². The van der Waals surface area contributed by atoms with Crippen molar-refractivity contribution in [3.05, 3.63) is 98.8 Å². The minimum atomic E-state index is -4.83. The Balaban J connectivity index is 1.69. The number of nitrogens with zero attached hydrogens (tertiary/aromatic N) is 3. The molecular weight excluding hydrogens is 444 g/mol. The molecule has 170 valence electrons. The standard InChI is InChI=1S/C22H16F4N4O3/c1-29-18(27-28-21(29)32)12-30-11-10-17(22(24,25)26)19(20(30)31)33-16-8-4-14(5-9-16)13-2-6-15(23)7-3-13/h2-11H,12H2,1H3,(H,28,32). The Morgan fingerprint density at radius 3 is 2.12 bits per heavy atom. The number of nitrogens with one attached hydrogen (secondary N) is 1. The highest BCUT2D eigenvalue weighted by Crippen LogP contribution is 2.36. The van der Waals surface area contributed by atoms with Crippen LogP contribution in [0.5, 0.6) is 11.5 Å².